The molecule has 1 rings (SSSR count). The minimum absolute atomic E-state index is 0.0357. The van der Waals surface area contributed by atoms with Gasteiger partial charge in [-0.1, -0.05) is 18.2 Å². The Hall–Kier alpha value is -2.55. The van der Waals surface area contributed by atoms with Crippen LogP contribution in [0, 0.1) is 11.3 Å². The van der Waals surface area contributed by atoms with E-state index in [1.165, 1.54) is 0 Å². The fourth-order valence-electron chi connectivity index (χ4n) is 1.57. The number of ether oxygens (including phenoxy) is 2. The van der Waals surface area contributed by atoms with Crippen molar-refractivity contribution in [2.24, 2.45) is 0 Å². The maximum Gasteiger partial charge on any atom is 0.407 e. The van der Waals surface area contributed by atoms with Gasteiger partial charge in [-0.15, -0.1) is 0 Å². The van der Waals surface area contributed by atoms with E-state index < -0.39 is 17.7 Å². The molecular formula is C16H20N2O4. The molecule has 118 valence electrons. The predicted molar refractivity (Wildman–Crippen MR) is 79.8 cm³/mol. The molecule has 0 bridgehead atoms. The molecule has 0 radical (unpaired) electrons. The van der Waals surface area contributed by atoms with E-state index in [4.69, 9.17) is 14.7 Å². The minimum Gasteiger partial charge on any atom is -0.461 e. The molecule has 1 N–H and O–H groups in total. The maximum absolute atomic E-state index is 11.6. The van der Waals surface area contributed by atoms with Crippen LogP contribution in [0.15, 0.2) is 24.3 Å². The Bertz CT molecular complexity index is 570. The van der Waals surface area contributed by atoms with E-state index in [0.717, 1.165) is 0 Å². The lowest BCUT2D eigenvalue weighted by molar-refractivity contribution is -0.144. The molecule has 0 fully saturated rings. The second kappa shape index (κ2) is 8.03. The number of carbonyl (C=O) groups is 2. The first kappa shape index (κ1) is 17.5. The van der Waals surface area contributed by atoms with Crippen LogP contribution in [0.3, 0.4) is 0 Å². The van der Waals surface area contributed by atoms with Crippen molar-refractivity contribution in [3.05, 3.63) is 35.4 Å². The van der Waals surface area contributed by atoms with Crippen LogP contribution < -0.4 is 5.32 Å². The number of esters is 1. The fraction of sp³-hybridized carbons (Fsp3) is 0.438. The summed E-state index contributed by atoms with van der Waals surface area (Å²) in [6.45, 7) is 5.44. The van der Waals surface area contributed by atoms with Crippen molar-refractivity contribution in [2.45, 2.75) is 39.4 Å². The highest BCUT2D eigenvalue weighted by Crippen LogP contribution is 2.09. The van der Waals surface area contributed by atoms with Crippen LogP contribution >= 0.6 is 0 Å². The molecule has 6 heteroatoms. The molecule has 1 aromatic carbocycles. The number of nitriles is 1. The first-order valence-electron chi connectivity index (χ1n) is 6.92. The Morgan fingerprint density at radius 2 is 1.95 bits per heavy atom. The molecule has 0 aliphatic rings. The summed E-state index contributed by atoms with van der Waals surface area (Å²) in [6, 6.07) is 8.94. The van der Waals surface area contributed by atoms with Crippen LogP contribution in [0.1, 0.15) is 38.3 Å². The summed E-state index contributed by atoms with van der Waals surface area (Å²) in [6.07, 6.45) is -0.538. The minimum atomic E-state index is -0.578. The number of alkyl carbamates (subject to hydrolysis) is 1. The van der Waals surface area contributed by atoms with Gasteiger partial charge in [-0.05, 0) is 26.8 Å². The van der Waals surface area contributed by atoms with Crippen molar-refractivity contribution < 1.29 is 19.1 Å². The quantitative estimate of drug-likeness (QED) is 0.844. The van der Waals surface area contributed by atoms with Crippen LogP contribution in [0.2, 0.25) is 0 Å². The van der Waals surface area contributed by atoms with Crippen LogP contribution in [-0.2, 0) is 20.9 Å². The summed E-state index contributed by atoms with van der Waals surface area (Å²) >= 11 is 0. The van der Waals surface area contributed by atoms with Gasteiger partial charge in [-0.25, -0.2) is 4.79 Å². The Morgan fingerprint density at radius 3 is 2.59 bits per heavy atom. The van der Waals surface area contributed by atoms with E-state index >= 15 is 0 Å². The zero-order chi connectivity index (χ0) is 16.6. The number of carbonyl (C=O) groups excluding carboxylic acids is 2. The normalized spacial score (nSPS) is 10.5. The summed E-state index contributed by atoms with van der Waals surface area (Å²) in [5.41, 5.74) is 0.548. The number of benzene rings is 1. The average Bonchev–Trinajstić information content (AvgIpc) is 2.43. The number of nitrogens with zero attached hydrogens (tertiary/aromatic N) is 1. The van der Waals surface area contributed by atoms with E-state index in [9.17, 15) is 9.59 Å². The molecule has 0 aliphatic heterocycles. The van der Waals surface area contributed by atoms with E-state index in [1.54, 1.807) is 45.0 Å². The van der Waals surface area contributed by atoms with Crippen molar-refractivity contribution in [1.29, 1.82) is 5.26 Å². The van der Waals surface area contributed by atoms with Crippen molar-refractivity contribution in [1.82, 2.24) is 5.32 Å². The van der Waals surface area contributed by atoms with Gasteiger partial charge in [-0.3, -0.25) is 4.79 Å². The number of nitrogens with one attached hydrogen (secondary N) is 1. The third-order valence-corrected chi connectivity index (χ3v) is 2.52. The monoisotopic (exact) mass is 304 g/mol. The molecule has 1 amide bonds. The second-order valence-corrected chi connectivity index (χ2v) is 5.61. The maximum atomic E-state index is 11.6. The number of hydrogen-bond acceptors (Lipinski definition) is 5. The lowest BCUT2D eigenvalue weighted by Gasteiger charge is -2.19. The molecule has 0 saturated carbocycles. The Labute approximate surface area is 130 Å². The van der Waals surface area contributed by atoms with Gasteiger partial charge in [0.15, 0.2) is 0 Å². The molecule has 0 unspecified atom stereocenters. The highest BCUT2D eigenvalue weighted by Gasteiger charge is 2.16. The summed E-state index contributed by atoms with van der Waals surface area (Å²) in [5, 5.41) is 11.4. The van der Waals surface area contributed by atoms with Gasteiger partial charge >= 0.3 is 12.1 Å². The fourth-order valence-corrected chi connectivity index (χ4v) is 1.57. The molecule has 0 atom stereocenters. The standard InChI is InChI=1S/C16H20N2O4/c1-16(2,3)22-15(20)18-9-8-14(19)21-11-13-7-5-4-6-12(13)10-17/h4-7H,8-9,11H2,1-3H3,(H,18,20). The second-order valence-electron chi connectivity index (χ2n) is 5.61. The van der Waals surface area contributed by atoms with Gasteiger partial charge < -0.3 is 14.8 Å². The van der Waals surface area contributed by atoms with Crippen molar-refractivity contribution in [3.8, 4) is 6.07 Å². The Kier molecular flexibility index (Phi) is 6.39. The highest BCUT2D eigenvalue weighted by molar-refractivity contribution is 5.72. The molecule has 0 aromatic heterocycles. The van der Waals surface area contributed by atoms with Crippen LogP contribution in [0.5, 0.6) is 0 Å². The van der Waals surface area contributed by atoms with Crippen LogP contribution in [0.4, 0.5) is 4.79 Å². The Morgan fingerprint density at radius 1 is 1.27 bits per heavy atom. The largest absolute Gasteiger partial charge is 0.461 e. The Balaban J connectivity index is 2.30. The lowest BCUT2D eigenvalue weighted by Crippen LogP contribution is -2.33. The van der Waals surface area contributed by atoms with E-state index in [0.29, 0.717) is 11.1 Å². The first-order chi connectivity index (χ1) is 10.3. The smallest absolute Gasteiger partial charge is 0.407 e. The summed E-state index contributed by atoms with van der Waals surface area (Å²) in [4.78, 5) is 23.0. The van der Waals surface area contributed by atoms with Crippen LogP contribution in [-0.4, -0.2) is 24.2 Å². The average molecular weight is 304 g/mol. The van der Waals surface area contributed by atoms with Gasteiger partial charge in [0.25, 0.3) is 0 Å². The molecule has 1 aromatic rings. The molecule has 0 spiro atoms. The number of amides is 1. The zero-order valence-corrected chi connectivity index (χ0v) is 13.0. The number of hydrogen-bond donors (Lipinski definition) is 1. The van der Waals surface area contributed by atoms with Gasteiger partial charge in [0, 0.05) is 12.1 Å². The van der Waals surface area contributed by atoms with E-state index in [-0.39, 0.29) is 19.6 Å². The number of rotatable bonds is 5. The van der Waals surface area contributed by atoms with Gasteiger partial charge in [0.05, 0.1) is 18.1 Å². The van der Waals surface area contributed by atoms with Gasteiger partial charge in [-0.2, -0.15) is 5.26 Å². The SMILES string of the molecule is CC(C)(C)OC(=O)NCCC(=O)OCc1ccccc1C#N. The molecule has 0 saturated heterocycles. The van der Waals surface area contributed by atoms with Gasteiger partial charge in [0.2, 0.25) is 0 Å². The predicted octanol–water partition coefficient (Wildman–Crippen LogP) is 2.52. The third-order valence-electron chi connectivity index (χ3n) is 2.52. The van der Waals surface area contributed by atoms with E-state index in [1.807, 2.05) is 6.07 Å². The van der Waals surface area contributed by atoms with Crippen molar-refractivity contribution in [2.75, 3.05) is 6.54 Å². The molecule has 6 nitrogen and oxygen atoms in total. The van der Waals surface area contributed by atoms with Crippen LogP contribution in [0.25, 0.3) is 0 Å². The molecule has 0 heterocycles. The molecular weight excluding hydrogens is 284 g/mol. The van der Waals surface area contributed by atoms with Gasteiger partial charge in [0.1, 0.15) is 12.2 Å². The topological polar surface area (TPSA) is 88.4 Å². The molecule has 22 heavy (non-hydrogen) atoms. The molecule has 0 aliphatic carbocycles. The zero-order valence-electron chi connectivity index (χ0n) is 13.0. The third kappa shape index (κ3) is 6.75. The summed E-state index contributed by atoms with van der Waals surface area (Å²) in [7, 11) is 0. The summed E-state index contributed by atoms with van der Waals surface area (Å²) < 4.78 is 10.1. The first-order valence-corrected chi connectivity index (χ1v) is 6.92. The van der Waals surface area contributed by atoms with Crippen molar-refractivity contribution >= 4 is 12.1 Å². The lowest BCUT2D eigenvalue weighted by atomic mass is 10.1. The summed E-state index contributed by atoms with van der Waals surface area (Å²) in [5.74, 6) is -0.455. The van der Waals surface area contributed by atoms with Crippen molar-refractivity contribution in [3.63, 3.8) is 0 Å². The highest BCUT2D eigenvalue weighted by atomic mass is 16.6. The van der Waals surface area contributed by atoms with E-state index in [2.05, 4.69) is 5.32 Å².